The number of hydrogen-bond donors (Lipinski definition) is 0. The molecule has 0 N–H and O–H groups in total. The predicted molar refractivity (Wildman–Crippen MR) is 83.1 cm³/mol. The minimum atomic E-state index is -0.153. The number of rotatable bonds is 5. The molecule has 0 bridgehead atoms. The van der Waals surface area contributed by atoms with Gasteiger partial charge in [0.05, 0.1) is 4.91 Å². The summed E-state index contributed by atoms with van der Waals surface area (Å²) in [6.45, 7) is 0. The van der Waals surface area contributed by atoms with Crippen molar-refractivity contribution in [2.24, 2.45) is 0 Å². The van der Waals surface area contributed by atoms with Gasteiger partial charge in [-0.05, 0) is 6.26 Å². The van der Waals surface area contributed by atoms with Crippen LogP contribution in [0.25, 0.3) is 0 Å². The summed E-state index contributed by atoms with van der Waals surface area (Å²) in [7, 11) is 0. The summed E-state index contributed by atoms with van der Waals surface area (Å²) in [6, 6.07) is 17.9. The Bertz CT molecular complexity index is 631. The largest absolute Gasteiger partial charge is 0.289 e. The number of hydrogen-bond acceptors (Lipinski definition) is 3. The van der Waals surface area contributed by atoms with Gasteiger partial charge in [-0.15, -0.1) is 11.8 Å². The van der Waals surface area contributed by atoms with Gasteiger partial charge in [-0.3, -0.25) is 9.59 Å². The molecule has 2 nitrogen and oxygen atoms in total. The van der Waals surface area contributed by atoms with Crippen molar-refractivity contribution in [1.29, 1.82) is 0 Å². The normalized spacial score (nSPS) is 11.2. The van der Waals surface area contributed by atoms with Crippen LogP contribution < -0.4 is 0 Å². The van der Waals surface area contributed by atoms with E-state index in [0.29, 0.717) is 16.0 Å². The monoisotopic (exact) mass is 282 g/mol. The van der Waals surface area contributed by atoms with Gasteiger partial charge in [-0.25, -0.2) is 0 Å². The van der Waals surface area contributed by atoms with Crippen LogP contribution in [0.2, 0.25) is 0 Å². The van der Waals surface area contributed by atoms with E-state index in [2.05, 4.69) is 0 Å². The maximum Gasteiger partial charge on any atom is 0.199 e. The van der Waals surface area contributed by atoms with E-state index in [1.165, 1.54) is 17.8 Å². The Labute approximate surface area is 122 Å². The second-order valence-electron chi connectivity index (χ2n) is 4.14. The molecule has 0 aliphatic carbocycles. The van der Waals surface area contributed by atoms with E-state index in [1.54, 1.807) is 42.7 Å². The molecule has 0 spiro atoms. The molecule has 0 saturated heterocycles. The standard InChI is InChI=1S/C17H14O2S/c1-20-16(17(19)14-10-6-3-7-11-14)12-15(18)13-8-4-2-5-9-13/h2-12H,1H3/b16-12-. The summed E-state index contributed by atoms with van der Waals surface area (Å²) in [4.78, 5) is 24.9. The van der Waals surface area contributed by atoms with Gasteiger partial charge in [0, 0.05) is 17.2 Å². The lowest BCUT2D eigenvalue weighted by atomic mass is 10.1. The Morgan fingerprint density at radius 3 is 1.85 bits per heavy atom. The minimum absolute atomic E-state index is 0.123. The lowest BCUT2D eigenvalue weighted by Gasteiger charge is -2.03. The smallest absolute Gasteiger partial charge is 0.199 e. The van der Waals surface area contributed by atoms with Crippen LogP contribution >= 0.6 is 11.8 Å². The average Bonchev–Trinajstić information content (AvgIpc) is 2.53. The first kappa shape index (κ1) is 14.3. The van der Waals surface area contributed by atoms with Gasteiger partial charge in [0.15, 0.2) is 11.6 Å². The molecule has 20 heavy (non-hydrogen) atoms. The summed E-state index contributed by atoms with van der Waals surface area (Å²) in [5.74, 6) is -0.276. The van der Waals surface area contributed by atoms with Gasteiger partial charge in [-0.1, -0.05) is 60.7 Å². The molecular formula is C17H14O2S. The second-order valence-corrected chi connectivity index (χ2v) is 4.99. The van der Waals surface area contributed by atoms with E-state index < -0.39 is 0 Å². The third kappa shape index (κ3) is 3.45. The van der Waals surface area contributed by atoms with Gasteiger partial charge < -0.3 is 0 Å². The Balaban J connectivity index is 2.26. The van der Waals surface area contributed by atoms with E-state index in [1.807, 2.05) is 24.3 Å². The van der Waals surface area contributed by atoms with Crippen molar-refractivity contribution < 1.29 is 9.59 Å². The molecule has 0 radical (unpaired) electrons. The third-order valence-electron chi connectivity index (χ3n) is 2.80. The Morgan fingerprint density at radius 2 is 1.35 bits per heavy atom. The summed E-state index contributed by atoms with van der Waals surface area (Å²) in [6.07, 6.45) is 3.21. The predicted octanol–water partition coefficient (Wildman–Crippen LogP) is 4.00. The van der Waals surface area contributed by atoms with Crippen molar-refractivity contribution in [1.82, 2.24) is 0 Å². The van der Waals surface area contributed by atoms with Crippen molar-refractivity contribution in [3.05, 3.63) is 82.8 Å². The molecule has 0 atom stereocenters. The fourth-order valence-corrected chi connectivity index (χ4v) is 2.28. The van der Waals surface area contributed by atoms with Gasteiger partial charge in [-0.2, -0.15) is 0 Å². The molecule has 2 aromatic rings. The molecule has 3 heteroatoms. The summed E-state index contributed by atoms with van der Waals surface area (Å²) < 4.78 is 0. The van der Waals surface area contributed by atoms with Crippen LogP contribution in [0.1, 0.15) is 20.7 Å². The molecule has 0 amide bonds. The van der Waals surface area contributed by atoms with Gasteiger partial charge in [0.1, 0.15) is 0 Å². The number of allylic oxidation sites excluding steroid dienone is 2. The van der Waals surface area contributed by atoms with Crippen LogP contribution in [0.4, 0.5) is 0 Å². The van der Waals surface area contributed by atoms with Crippen molar-refractivity contribution >= 4 is 23.3 Å². The van der Waals surface area contributed by atoms with Crippen LogP contribution in [0.3, 0.4) is 0 Å². The highest BCUT2D eigenvalue weighted by atomic mass is 32.2. The summed E-state index contributed by atoms with van der Waals surface area (Å²) in [5, 5.41) is 0. The fraction of sp³-hybridized carbons (Fsp3) is 0.0588. The number of ketones is 2. The van der Waals surface area contributed by atoms with E-state index in [9.17, 15) is 9.59 Å². The maximum absolute atomic E-state index is 12.3. The number of thioether (sulfide) groups is 1. The highest BCUT2D eigenvalue weighted by molar-refractivity contribution is 8.03. The SMILES string of the molecule is CS/C(=C\C(=O)c1ccccc1)C(=O)c1ccccc1. The van der Waals surface area contributed by atoms with Crippen molar-refractivity contribution in [2.75, 3.05) is 6.26 Å². The molecule has 2 aromatic carbocycles. The topological polar surface area (TPSA) is 34.1 Å². The molecule has 0 aliphatic rings. The van der Waals surface area contributed by atoms with Crippen molar-refractivity contribution in [2.45, 2.75) is 0 Å². The molecule has 2 rings (SSSR count). The van der Waals surface area contributed by atoms with Crippen molar-refractivity contribution in [3.63, 3.8) is 0 Å². The molecule has 100 valence electrons. The van der Waals surface area contributed by atoms with Crippen LogP contribution in [-0.2, 0) is 0 Å². The first-order chi connectivity index (χ1) is 9.72. The Morgan fingerprint density at radius 1 is 0.850 bits per heavy atom. The number of benzene rings is 2. The first-order valence-electron chi connectivity index (χ1n) is 6.17. The third-order valence-corrected chi connectivity index (χ3v) is 3.54. The lowest BCUT2D eigenvalue weighted by Crippen LogP contribution is -2.04. The molecule has 0 aromatic heterocycles. The number of carbonyl (C=O) groups is 2. The Hall–Kier alpha value is -2.13. The zero-order valence-corrected chi connectivity index (χ0v) is 11.9. The molecule has 0 aliphatic heterocycles. The molecule has 0 fully saturated rings. The fourth-order valence-electron chi connectivity index (χ4n) is 1.75. The zero-order chi connectivity index (χ0) is 14.4. The quantitative estimate of drug-likeness (QED) is 0.614. The maximum atomic E-state index is 12.3. The molecule has 0 heterocycles. The highest BCUT2D eigenvalue weighted by Crippen LogP contribution is 2.19. The van der Waals surface area contributed by atoms with Gasteiger partial charge in [0.25, 0.3) is 0 Å². The first-order valence-corrected chi connectivity index (χ1v) is 7.39. The summed E-state index contributed by atoms with van der Waals surface area (Å²) >= 11 is 1.29. The summed E-state index contributed by atoms with van der Waals surface area (Å²) in [5.41, 5.74) is 1.17. The van der Waals surface area contributed by atoms with E-state index in [4.69, 9.17) is 0 Å². The Kier molecular flexibility index (Phi) is 4.91. The lowest BCUT2D eigenvalue weighted by molar-refractivity contribution is 0.101. The van der Waals surface area contributed by atoms with Crippen LogP contribution in [-0.4, -0.2) is 17.8 Å². The van der Waals surface area contributed by atoms with Crippen LogP contribution in [0.5, 0.6) is 0 Å². The second kappa shape index (κ2) is 6.87. The van der Waals surface area contributed by atoms with Gasteiger partial charge in [0.2, 0.25) is 0 Å². The molecular weight excluding hydrogens is 268 g/mol. The molecule has 0 saturated carbocycles. The van der Waals surface area contributed by atoms with Crippen molar-refractivity contribution in [3.8, 4) is 0 Å². The van der Waals surface area contributed by atoms with E-state index in [-0.39, 0.29) is 11.6 Å². The van der Waals surface area contributed by atoms with Crippen LogP contribution in [0.15, 0.2) is 71.6 Å². The zero-order valence-electron chi connectivity index (χ0n) is 11.1. The number of carbonyl (C=O) groups excluding carboxylic acids is 2. The van der Waals surface area contributed by atoms with Gasteiger partial charge >= 0.3 is 0 Å². The number of Topliss-reactive ketones (excluding diaryl/α,β-unsaturated/α-hetero) is 1. The van der Waals surface area contributed by atoms with Crippen LogP contribution in [0, 0.1) is 0 Å². The average molecular weight is 282 g/mol. The highest BCUT2D eigenvalue weighted by Gasteiger charge is 2.13. The minimum Gasteiger partial charge on any atom is -0.289 e. The van der Waals surface area contributed by atoms with E-state index in [0.717, 1.165) is 0 Å². The molecule has 0 unspecified atom stereocenters. The van der Waals surface area contributed by atoms with E-state index >= 15 is 0 Å².